The van der Waals surface area contributed by atoms with Crippen LogP contribution >= 0.6 is 11.6 Å². The van der Waals surface area contributed by atoms with Crippen molar-refractivity contribution < 1.29 is 8.42 Å². The molecule has 0 N–H and O–H groups in total. The van der Waals surface area contributed by atoms with Crippen molar-refractivity contribution >= 4 is 21.6 Å². The van der Waals surface area contributed by atoms with E-state index in [4.69, 9.17) is 11.6 Å². The molecule has 0 unspecified atom stereocenters. The third kappa shape index (κ3) is 2.95. The van der Waals surface area contributed by atoms with Crippen LogP contribution in [0.15, 0.2) is 4.90 Å². The van der Waals surface area contributed by atoms with Crippen molar-refractivity contribution in [3.63, 3.8) is 0 Å². The number of aryl methyl sites for hydroxylation is 2. The maximum atomic E-state index is 12.6. The van der Waals surface area contributed by atoms with Gasteiger partial charge in [0.25, 0.3) is 0 Å². The molecule has 0 aromatic carbocycles. The summed E-state index contributed by atoms with van der Waals surface area (Å²) in [6.45, 7) is 4.64. The van der Waals surface area contributed by atoms with E-state index in [1.54, 1.807) is 25.6 Å². The summed E-state index contributed by atoms with van der Waals surface area (Å²) in [5.74, 6) is 0.942. The molecule has 5 nitrogen and oxygen atoms in total. The summed E-state index contributed by atoms with van der Waals surface area (Å²) in [4.78, 5) is 0.334. The number of hydrogen-bond donors (Lipinski definition) is 0. The summed E-state index contributed by atoms with van der Waals surface area (Å²) in [6, 6.07) is 0. The van der Waals surface area contributed by atoms with E-state index in [-0.39, 0.29) is 0 Å². The summed E-state index contributed by atoms with van der Waals surface area (Å²) in [7, 11) is -1.80. The molecule has 2 rings (SSSR count). The molecule has 19 heavy (non-hydrogen) atoms. The molecule has 1 heterocycles. The molecule has 0 amide bonds. The van der Waals surface area contributed by atoms with Crippen molar-refractivity contribution in [3.05, 3.63) is 11.4 Å². The van der Waals surface area contributed by atoms with Gasteiger partial charge in [-0.15, -0.1) is 11.6 Å². The third-order valence-corrected chi connectivity index (χ3v) is 5.74. The van der Waals surface area contributed by atoms with Gasteiger partial charge < -0.3 is 0 Å². The zero-order valence-corrected chi connectivity index (χ0v) is 13.1. The molecular formula is C12H20ClN3O2S. The molecule has 1 aromatic rings. The van der Waals surface area contributed by atoms with Crippen molar-refractivity contribution in [1.82, 2.24) is 14.1 Å². The third-order valence-electron chi connectivity index (χ3n) is 3.49. The first kappa shape index (κ1) is 14.8. The first-order valence-corrected chi connectivity index (χ1v) is 8.41. The van der Waals surface area contributed by atoms with Gasteiger partial charge in [0.05, 0.1) is 17.9 Å². The van der Waals surface area contributed by atoms with E-state index in [9.17, 15) is 8.42 Å². The van der Waals surface area contributed by atoms with Crippen molar-refractivity contribution in [3.8, 4) is 0 Å². The Kier molecular flexibility index (Phi) is 4.23. The molecule has 1 aromatic heterocycles. The van der Waals surface area contributed by atoms with Crippen LogP contribution in [0.25, 0.3) is 0 Å². The second-order valence-electron chi connectivity index (χ2n) is 5.14. The SMILES string of the molecule is Cc1nn(CCCl)c(C)c1S(=O)(=O)N(C)CC1CC1. The maximum Gasteiger partial charge on any atom is 0.246 e. The molecule has 0 atom stereocenters. The second kappa shape index (κ2) is 5.42. The molecule has 0 saturated heterocycles. The molecule has 1 aliphatic carbocycles. The molecule has 1 saturated carbocycles. The van der Waals surface area contributed by atoms with E-state index < -0.39 is 10.0 Å². The van der Waals surface area contributed by atoms with E-state index in [0.29, 0.717) is 41.2 Å². The van der Waals surface area contributed by atoms with Gasteiger partial charge in [0.2, 0.25) is 10.0 Å². The molecule has 0 radical (unpaired) electrons. The Morgan fingerprint density at radius 3 is 2.58 bits per heavy atom. The largest absolute Gasteiger partial charge is 0.267 e. The zero-order valence-electron chi connectivity index (χ0n) is 11.6. The van der Waals surface area contributed by atoms with Gasteiger partial charge in [0.15, 0.2) is 0 Å². The molecule has 0 spiro atoms. The van der Waals surface area contributed by atoms with E-state index in [0.717, 1.165) is 12.8 Å². The fourth-order valence-corrected chi connectivity index (χ4v) is 4.04. The van der Waals surface area contributed by atoms with Crippen molar-refractivity contribution in [2.75, 3.05) is 19.5 Å². The van der Waals surface area contributed by atoms with Gasteiger partial charge in [-0.3, -0.25) is 4.68 Å². The predicted octanol–water partition coefficient (Wildman–Crippen LogP) is 1.77. The lowest BCUT2D eigenvalue weighted by Gasteiger charge is -2.17. The maximum absolute atomic E-state index is 12.6. The topological polar surface area (TPSA) is 55.2 Å². The average molecular weight is 306 g/mol. The molecule has 0 bridgehead atoms. The van der Waals surface area contributed by atoms with Crippen molar-refractivity contribution in [2.45, 2.75) is 38.1 Å². The highest BCUT2D eigenvalue weighted by atomic mass is 35.5. The van der Waals surface area contributed by atoms with Gasteiger partial charge in [-0.2, -0.15) is 5.10 Å². The fraction of sp³-hybridized carbons (Fsp3) is 0.750. The minimum atomic E-state index is -3.45. The van der Waals surface area contributed by atoms with Crippen LogP contribution < -0.4 is 0 Å². The Hall–Kier alpha value is -0.590. The Morgan fingerprint density at radius 1 is 1.42 bits per heavy atom. The quantitative estimate of drug-likeness (QED) is 0.753. The predicted molar refractivity (Wildman–Crippen MR) is 75.0 cm³/mol. The van der Waals surface area contributed by atoms with E-state index in [1.165, 1.54) is 4.31 Å². The highest BCUT2D eigenvalue weighted by molar-refractivity contribution is 7.89. The normalized spacial score (nSPS) is 16.3. The monoisotopic (exact) mass is 305 g/mol. The van der Waals surface area contributed by atoms with E-state index >= 15 is 0 Å². The number of alkyl halides is 1. The molecule has 0 aliphatic heterocycles. The summed E-state index contributed by atoms with van der Waals surface area (Å²) >= 11 is 5.70. The van der Waals surface area contributed by atoms with Gasteiger partial charge in [0, 0.05) is 19.5 Å². The molecule has 7 heteroatoms. The first-order valence-electron chi connectivity index (χ1n) is 6.44. The molecule has 1 fully saturated rings. The van der Waals surface area contributed by atoms with Crippen LogP contribution in [0.2, 0.25) is 0 Å². The Labute approximate surface area is 119 Å². The van der Waals surface area contributed by atoms with Gasteiger partial charge in [-0.1, -0.05) is 0 Å². The standard InChI is InChI=1S/C12H20ClN3O2S/c1-9-12(10(2)16(14-9)7-6-13)19(17,18)15(3)8-11-4-5-11/h11H,4-8H2,1-3H3. The van der Waals surface area contributed by atoms with Crippen LogP contribution in [-0.2, 0) is 16.6 Å². The van der Waals surface area contributed by atoms with Gasteiger partial charge in [-0.05, 0) is 32.6 Å². The van der Waals surface area contributed by atoms with Gasteiger partial charge in [0.1, 0.15) is 4.90 Å². The lowest BCUT2D eigenvalue weighted by atomic mass is 10.4. The number of nitrogens with zero attached hydrogens (tertiary/aromatic N) is 3. The van der Waals surface area contributed by atoms with Gasteiger partial charge >= 0.3 is 0 Å². The van der Waals surface area contributed by atoms with Crippen LogP contribution in [0.4, 0.5) is 0 Å². The van der Waals surface area contributed by atoms with Gasteiger partial charge in [-0.25, -0.2) is 12.7 Å². The Morgan fingerprint density at radius 2 is 2.05 bits per heavy atom. The lowest BCUT2D eigenvalue weighted by molar-refractivity contribution is 0.452. The average Bonchev–Trinajstić information content (AvgIpc) is 3.07. The van der Waals surface area contributed by atoms with Crippen LogP contribution in [-0.4, -0.2) is 42.0 Å². The molecule has 108 valence electrons. The number of hydrogen-bond acceptors (Lipinski definition) is 3. The highest BCUT2D eigenvalue weighted by Gasteiger charge is 2.32. The number of aromatic nitrogens is 2. The van der Waals surface area contributed by atoms with Crippen LogP contribution in [0.1, 0.15) is 24.2 Å². The second-order valence-corrected chi connectivity index (χ2v) is 7.50. The molecular weight excluding hydrogens is 286 g/mol. The number of rotatable bonds is 6. The summed E-state index contributed by atoms with van der Waals surface area (Å²) in [5, 5.41) is 4.27. The van der Waals surface area contributed by atoms with Crippen LogP contribution in [0.3, 0.4) is 0 Å². The highest BCUT2D eigenvalue weighted by Crippen LogP contribution is 2.32. The van der Waals surface area contributed by atoms with Crippen molar-refractivity contribution in [2.24, 2.45) is 5.92 Å². The fourth-order valence-electron chi connectivity index (χ4n) is 2.27. The van der Waals surface area contributed by atoms with E-state index in [1.807, 2.05) is 0 Å². The Bertz CT molecular complexity index is 564. The zero-order chi connectivity index (χ0) is 14.2. The van der Waals surface area contributed by atoms with Crippen LogP contribution in [0, 0.1) is 19.8 Å². The van der Waals surface area contributed by atoms with Crippen molar-refractivity contribution in [1.29, 1.82) is 0 Å². The summed E-state index contributed by atoms with van der Waals surface area (Å²) in [5.41, 5.74) is 1.21. The smallest absolute Gasteiger partial charge is 0.246 e. The first-order chi connectivity index (χ1) is 8.87. The lowest BCUT2D eigenvalue weighted by Crippen LogP contribution is -2.29. The summed E-state index contributed by atoms with van der Waals surface area (Å²) < 4.78 is 28.3. The number of sulfonamides is 1. The molecule has 1 aliphatic rings. The Balaban J connectivity index is 2.33. The minimum absolute atomic E-state index is 0.334. The van der Waals surface area contributed by atoms with Crippen LogP contribution in [0.5, 0.6) is 0 Å². The minimum Gasteiger partial charge on any atom is -0.267 e. The summed E-state index contributed by atoms with van der Waals surface area (Å²) in [6.07, 6.45) is 2.26. The van der Waals surface area contributed by atoms with E-state index in [2.05, 4.69) is 5.10 Å². The number of halogens is 1.